The first-order valence-electron chi connectivity index (χ1n) is 12.7. The van der Waals surface area contributed by atoms with Crippen LogP contribution in [0, 0.1) is 11.3 Å². The quantitative estimate of drug-likeness (QED) is 0.350. The number of fused-ring (bicyclic) bond motifs is 4. The summed E-state index contributed by atoms with van der Waals surface area (Å²) in [5.74, 6) is 2.66. The topological polar surface area (TPSA) is 130 Å². The lowest BCUT2D eigenvalue weighted by atomic mass is 10.1. The van der Waals surface area contributed by atoms with Crippen molar-refractivity contribution in [2.75, 3.05) is 55.8 Å². The Labute approximate surface area is 221 Å². The molecule has 0 atom stereocenters. The van der Waals surface area contributed by atoms with Crippen molar-refractivity contribution in [3.8, 4) is 17.5 Å². The van der Waals surface area contributed by atoms with Crippen molar-refractivity contribution < 1.29 is 13.7 Å². The molecule has 2 fully saturated rings. The number of pyridine rings is 1. The summed E-state index contributed by atoms with van der Waals surface area (Å²) in [4.78, 5) is 22.3. The average molecular weight is 528 g/mol. The van der Waals surface area contributed by atoms with Crippen LogP contribution in [-0.2, 0) is 22.5 Å². The lowest BCUT2D eigenvalue weighted by Gasteiger charge is -2.28. The molecule has 1 N–H and O–H groups in total. The molecule has 11 heteroatoms. The summed E-state index contributed by atoms with van der Waals surface area (Å²) in [7, 11) is 0. The van der Waals surface area contributed by atoms with Gasteiger partial charge in [-0.1, -0.05) is 23.3 Å². The molecule has 4 aromatic heterocycles. The van der Waals surface area contributed by atoms with Crippen LogP contribution in [0.25, 0.3) is 44.5 Å². The van der Waals surface area contributed by atoms with E-state index in [2.05, 4.69) is 31.9 Å². The Bertz CT molecular complexity index is 1690. The molecule has 1 aromatic carbocycles. The van der Waals surface area contributed by atoms with E-state index >= 15 is 0 Å². The van der Waals surface area contributed by atoms with Crippen LogP contribution in [0.15, 0.2) is 41.1 Å². The molecule has 0 bridgehead atoms. The SMILES string of the molecule is N#Cc1c[nH]c2cccc(-c3nc(N4CCOCC4)c4oc5ncc(CN6CC[S+]([O-])CC6)cc5c4n3)c12. The number of aromatic nitrogens is 4. The van der Waals surface area contributed by atoms with E-state index < -0.39 is 11.2 Å². The van der Waals surface area contributed by atoms with Crippen LogP contribution in [0.3, 0.4) is 0 Å². The van der Waals surface area contributed by atoms with Crippen molar-refractivity contribution in [3.63, 3.8) is 0 Å². The van der Waals surface area contributed by atoms with E-state index in [0.29, 0.717) is 71.8 Å². The van der Waals surface area contributed by atoms with Crippen molar-refractivity contribution >= 4 is 50.1 Å². The fourth-order valence-electron chi connectivity index (χ4n) is 5.31. The highest BCUT2D eigenvalue weighted by Gasteiger charge is 2.25. The standard InChI is InChI=1S/C27H25N7O3S/c28-13-18-15-29-21-3-1-2-19(22(18)21)25-31-23-20-12-17(16-33-6-10-38(35)11-7-33)14-30-27(20)37-24(23)26(32-25)34-4-8-36-9-5-34/h1-3,12,14-15,29H,4-11,16H2. The lowest BCUT2D eigenvalue weighted by Crippen LogP contribution is -2.39. The first-order valence-corrected chi connectivity index (χ1v) is 14.2. The zero-order chi connectivity index (χ0) is 25.6. The first kappa shape index (κ1) is 23.4. The van der Waals surface area contributed by atoms with Gasteiger partial charge in [0, 0.05) is 61.6 Å². The van der Waals surface area contributed by atoms with Crippen LogP contribution >= 0.6 is 0 Å². The maximum Gasteiger partial charge on any atom is 0.229 e. The number of H-pyrrole nitrogens is 1. The van der Waals surface area contributed by atoms with Gasteiger partial charge in [-0.25, -0.2) is 15.0 Å². The van der Waals surface area contributed by atoms with Crippen LogP contribution in [0.2, 0.25) is 0 Å². The normalized spacial score (nSPS) is 17.5. The van der Waals surface area contributed by atoms with Crippen molar-refractivity contribution in [2.45, 2.75) is 6.54 Å². The molecule has 5 aromatic rings. The van der Waals surface area contributed by atoms with Crippen LogP contribution < -0.4 is 4.90 Å². The smallest absolute Gasteiger partial charge is 0.229 e. The zero-order valence-electron chi connectivity index (χ0n) is 20.6. The van der Waals surface area contributed by atoms with Gasteiger partial charge in [0.2, 0.25) is 5.71 Å². The highest BCUT2D eigenvalue weighted by Crippen LogP contribution is 2.37. The molecule has 0 spiro atoms. The summed E-state index contributed by atoms with van der Waals surface area (Å²) >= 11 is -0.714. The Morgan fingerprint density at radius 2 is 1.97 bits per heavy atom. The fourth-order valence-corrected chi connectivity index (χ4v) is 6.43. The van der Waals surface area contributed by atoms with Gasteiger partial charge in [0.15, 0.2) is 17.2 Å². The molecule has 0 unspecified atom stereocenters. The molecule has 2 aliphatic rings. The number of ether oxygens (including phenoxy) is 1. The number of rotatable bonds is 4. The predicted octanol–water partition coefficient (Wildman–Crippen LogP) is 3.19. The monoisotopic (exact) mass is 527 g/mol. The lowest BCUT2D eigenvalue weighted by molar-refractivity contribution is 0.122. The number of nitriles is 1. The number of nitrogens with one attached hydrogen (secondary N) is 1. The molecule has 192 valence electrons. The summed E-state index contributed by atoms with van der Waals surface area (Å²) in [6.45, 7) is 4.95. The van der Waals surface area contributed by atoms with Gasteiger partial charge in [-0.2, -0.15) is 5.26 Å². The molecule has 2 saturated heterocycles. The molecule has 6 heterocycles. The van der Waals surface area contributed by atoms with Crippen LogP contribution in [0.4, 0.5) is 5.82 Å². The molecular weight excluding hydrogens is 502 g/mol. The van der Waals surface area contributed by atoms with Gasteiger partial charge in [-0.15, -0.1) is 0 Å². The Hall–Kier alpha value is -3.69. The second-order valence-corrected chi connectivity index (χ2v) is 11.3. The second-order valence-electron chi connectivity index (χ2n) is 9.61. The minimum atomic E-state index is -0.714. The van der Waals surface area contributed by atoms with Gasteiger partial charge in [0.05, 0.1) is 24.2 Å². The molecule has 10 nitrogen and oxygen atoms in total. The van der Waals surface area contributed by atoms with Gasteiger partial charge in [0.25, 0.3) is 0 Å². The minimum absolute atomic E-state index is 0.516. The molecule has 0 radical (unpaired) electrons. The average Bonchev–Trinajstić information content (AvgIpc) is 3.55. The minimum Gasteiger partial charge on any atom is -0.616 e. The predicted molar refractivity (Wildman–Crippen MR) is 145 cm³/mol. The van der Waals surface area contributed by atoms with E-state index in [9.17, 15) is 9.81 Å². The third kappa shape index (κ3) is 4.06. The second kappa shape index (κ2) is 9.56. The Morgan fingerprint density at radius 1 is 1.13 bits per heavy atom. The van der Waals surface area contributed by atoms with Crippen LogP contribution in [0.1, 0.15) is 11.1 Å². The fraction of sp³-hybridized carbons (Fsp3) is 0.333. The number of nitrogens with zero attached hydrogens (tertiary/aromatic N) is 6. The van der Waals surface area contributed by atoms with Crippen molar-refractivity contribution in [3.05, 3.63) is 47.8 Å². The molecule has 7 rings (SSSR count). The largest absolute Gasteiger partial charge is 0.616 e. The van der Waals surface area contributed by atoms with E-state index in [1.807, 2.05) is 24.4 Å². The van der Waals surface area contributed by atoms with Gasteiger partial charge in [-0.05, 0) is 17.7 Å². The first-order chi connectivity index (χ1) is 18.7. The van der Waals surface area contributed by atoms with Gasteiger partial charge in [0.1, 0.15) is 23.1 Å². The van der Waals surface area contributed by atoms with Crippen LogP contribution in [-0.4, -0.2) is 80.3 Å². The third-order valence-corrected chi connectivity index (χ3v) is 8.54. The Morgan fingerprint density at radius 3 is 2.79 bits per heavy atom. The molecule has 38 heavy (non-hydrogen) atoms. The molecular formula is C27H25N7O3S. The highest BCUT2D eigenvalue weighted by atomic mass is 32.2. The van der Waals surface area contributed by atoms with E-state index in [0.717, 1.165) is 47.1 Å². The summed E-state index contributed by atoms with van der Waals surface area (Å²) in [5, 5.41) is 11.4. The summed E-state index contributed by atoms with van der Waals surface area (Å²) in [6.07, 6.45) is 3.56. The number of anilines is 1. The van der Waals surface area contributed by atoms with Crippen LogP contribution in [0.5, 0.6) is 0 Å². The summed E-state index contributed by atoms with van der Waals surface area (Å²) in [6, 6.07) is 10.2. The van der Waals surface area contributed by atoms with Gasteiger partial charge < -0.3 is 23.6 Å². The van der Waals surface area contributed by atoms with E-state index in [4.69, 9.17) is 19.1 Å². The Kier molecular flexibility index (Phi) is 5.89. The summed E-state index contributed by atoms with van der Waals surface area (Å²) in [5.41, 5.74) is 5.07. The molecule has 0 saturated carbocycles. The number of hydrogen-bond acceptors (Lipinski definition) is 9. The maximum atomic E-state index is 11.8. The molecule has 2 aliphatic heterocycles. The van der Waals surface area contributed by atoms with Gasteiger partial charge in [-0.3, -0.25) is 4.90 Å². The van der Waals surface area contributed by atoms with E-state index in [1.165, 1.54) is 0 Å². The Balaban J connectivity index is 1.40. The van der Waals surface area contributed by atoms with Crippen molar-refractivity contribution in [1.29, 1.82) is 5.26 Å². The summed E-state index contributed by atoms with van der Waals surface area (Å²) < 4.78 is 23.6. The van der Waals surface area contributed by atoms with E-state index in [1.54, 1.807) is 6.20 Å². The number of morpholine rings is 1. The number of furan rings is 1. The zero-order valence-corrected chi connectivity index (χ0v) is 21.5. The number of aromatic amines is 1. The number of hydrogen-bond donors (Lipinski definition) is 1. The highest BCUT2D eigenvalue weighted by molar-refractivity contribution is 7.91. The number of benzene rings is 1. The molecule has 0 amide bonds. The molecule has 0 aliphatic carbocycles. The van der Waals surface area contributed by atoms with Crippen molar-refractivity contribution in [1.82, 2.24) is 24.8 Å². The maximum absolute atomic E-state index is 11.8. The van der Waals surface area contributed by atoms with Crippen molar-refractivity contribution in [2.24, 2.45) is 0 Å². The van der Waals surface area contributed by atoms with E-state index in [-0.39, 0.29) is 0 Å². The third-order valence-electron chi connectivity index (χ3n) is 7.26. The van der Waals surface area contributed by atoms with Gasteiger partial charge >= 0.3 is 0 Å².